The maximum Gasteiger partial charge on any atom is 0.328 e. The van der Waals surface area contributed by atoms with Gasteiger partial charge in [-0.2, -0.15) is 0 Å². The second-order valence-corrected chi connectivity index (χ2v) is 5.66. The van der Waals surface area contributed by atoms with Crippen molar-refractivity contribution in [1.82, 2.24) is 0 Å². The Morgan fingerprint density at radius 2 is 2.26 bits per heavy atom. The molecule has 1 aromatic rings. The van der Waals surface area contributed by atoms with Gasteiger partial charge in [-0.1, -0.05) is 28.9 Å². The molecule has 1 saturated carbocycles. The van der Waals surface area contributed by atoms with E-state index in [1.807, 2.05) is 6.07 Å². The minimum Gasteiger partial charge on any atom is -0.478 e. The van der Waals surface area contributed by atoms with Gasteiger partial charge in [-0.3, -0.25) is 0 Å². The van der Waals surface area contributed by atoms with Gasteiger partial charge in [-0.05, 0) is 43.0 Å². The van der Waals surface area contributed by atoms with E-state index in [4.69, 9.17) is 5.11 Å². The zero-order valence-corrected chi connectivity index (χ0v) is 12.6. The van der Waals surface area contributed by atoms with Crippen LogP contribution in [0, 0.1) is 0 Å². The number of rotatable bonds is 6. The van der Waals surface area contributed by atoms with Crippen LogP contribution in [0.4, 0.5) is 5.69 Å². The van der Waals surface area contributed by atoms with E-state index in [1.165, 1.54) is 18.5 Å². The Bertz CT molecular complexity index is 495. The lowest BCUT2D eigenvalue weighted by atomic mass is 10.1. The molecule has 1 aliphatic rings. The van der Waals surface area contributed by atoms with E-state index in [0.717, 1.165) is 29.1 Å². The van der Waals surface area contributed by atoms with E-state index in [9.17, 15) is 4.79 Å². The molecule has 1 N–H and O–H groups in total. The van der Waals surface area contributed by atoms with Crippen molar-refractivity contribution in [3.63, 3.8) is 0 Å². The van der Waals surface area contributed by atoms with E-state index >= 15 is 0 Å². The van der Waals surface area contributed by atoms with Crippen molar-refractivity contribution in [1.29, 1.82) is 0 Å². The Balaban J connectivity index is 2.19. The van der Waals surface area contributed by atoms with Crippen LogP contribution in [0.15, 0.2) is 28.7 Å². The lowest BCUT2D eigenvalue weighted by Gasteiger charge is -2.24. The van der Waals surface area contributed by atoms with E-state index in [-0.39, 0.29) is 0 Å². The van der Waals surface area contributed by atoms with Gasteiger partial charge in [0.2, 0.25) is 0 Å². The number of hydrogen-bond acceptors (Lipinski definition) is 2. The smallest absolute Gasteiger partial charge is 0.328 e. The summed E-state index contributed by atoms with van der Waals surface area (Å²) in [5.41, 5.74) is 2.10. The molecule has 19 heavy (non-hydrogen) atoms. The van der Waals surface area contributed by atoms with Gasteiger partial charge >= 0.3 is 5.97 Å². The molecule has 0 spiro atoms. The fraction of sp³-hybridized carbons (Fsp3) is 0.400. The van der Waals surface area contributed by atoms with Gasteiger partial charge in [-0.15, -0.1) is 0 Å². The van der Waals surface area contributed by atoms with E-state index in [0.29, 0.717) is 6.04 Å². The number of aliphatic carboxylic acids is 1. The number of carboxylic acid groups (broad SMARTS) is 1. The SMILES string of the molecule is CCCN(c1ccc(/C=C/C(=O)O)c(Br)c1)C1CC1. The average Bonchev–Trinajstić information content (AvgIpc) is 3.18. The predicted molar refractivity (Wildman–Crippen MR) is 81.5 cm³/mol. The van der Waals surface area contributed by atoms with Crippen molar-refractivity contribution < 1.29 is 9.90 Å². The first-order valence-corrected chi connectivity index (χ1v) is 7.38. The second-order valence-electron chi connectivity index (χ2n) is 4.80. The highest BCUT2D eigenvalue weighted by atomic mass is 79.9. The topological polar surface area (TPSA) is 40.5 Å². The number of halogens is 1. The molecule has 102 valence electrons. The minimum absolute atomic E-state index is 0.687. The summed E-state index contributed by atoms with van der Waals surface area (Å²) in [7, 11) is 0. The lowest BCUT2D eigenvalue weighted by Crippen LogP contribution is -2.26. The highest BCUT2D eigenvalue weighted by Crippen LogP contribution is 2.34. The van der Waals surface area contributed by atoms with Crippen molar-refractivity contribution in [2.45, 2.75) is 32.2 Å². The molecule has 0 amide bonds. The molecule has 2 rings (SSSR count). The van der Waals surface area contributed by atoms with Crippen molar-refractivity contribution >= 4 is 33.7 Å². The zero-order valence-electron chi connectivity index (χ0n) is 11.0. The van der Waals surface area contributed by atoms with Gasteiger partial charge < -0.3 is 10.0 Å². The molecule has 3 nitrogen and oxygen atoms in total. The lowest BCUT2D eigenvalue weighted by molar-refractivity contribution is -0.131. The molecule has 1 aliphatic carbocycles. The quantitative estimate of drug-likeness (QED) is 0.806. The molecule has 0 radical (unpaired) electrons. The molecule has 0 atom stereocenters. The van der Waals surface area contributed by atoms with Gasteiger partial charge in [0.15, 0.2) is 0 Å². The maximum absolute atomic E-state index is 10.5. The highest BCUT2D eigenvalue weighted by Gasteiger charge is 2.28. The van der Waals surface area contributed by atoms with Crippen LogP contribution in [0.2, 0.25) is 0 Å². The number of anilines is 1. The fourth-order valence-electron chi connectivity index (χ4n) is 2.14. The molecular formula is C15H18BrNO2. The molecule has 0 heterocycles. The summed E-state index contributed by atoms with van der Waals surface area (Å²) in [6.45, 7) is 3.26. The molecule has 1 fully saturated rings. The number of hydrogen-bond donors (Lipinski definition) is 1. The Labute approximate surface area is 122 Å². The standard InChI is InChI=1S/C15H18BrNO2/c1-2-9-17(12-6-7-12)13-5-3-11(14(16)10-13)4-8-15(18)19/h3-5,8,10,12H,2,6-7,9H2,1H3,(H,18,19)/b8-4+. The van der Waals surface area contributed by atoms with Gasteiger partial charge in [-0.25, -0.2) is 4.79 Å². The third-order valence-electron chi connectivity index (χ3n) is 3.17. The largest absolute Gasteiger partial charge is 0.478 e. The van der Waals surface area contributed by atoms with Gasteiger partial charge in [0, 0.05) is 28.8 Å². The summed E-state index contributed by atoms with van der Waals surface area (Å²) < 4.78 is 0.934. The van der Waals surface area contributed by atoms with Crippen LogP contribution in [0.25, 0.3) is 6.08 Å². The number of carboxylic acids is 1. The molecule has 0 aliphatic heterocycles. The van der Waals surface area contributed by atoms with Crippen LogP contribution in [-0.4, -0.2) is 23.7 Å². The molecule has 1 aromatic carbocycles. The monoisotopic (exact) mass is 323 g/mol. The van der Waals surface area contributed by atoms with E-state index < -0.39 is 5.97 Å². The predicted octanol–water partition coefficient (Wildman–Crippen LogP) is 3.93. The number of nitrogens with zero attached hydrogens (tertiary/aromatic N) is 1. The van der Waals surface area contributed by atoms with Crippen LogP contribution in [0.5, 0.6) is 0 Å². The summed E-state index contributed by atoms with van der Waals surface area (Å²) in [5.74, 6) is -0.929. The zero-order chi connectivity index (χ0) is 13.8. The first-order chi connectivity index (χ1) is 9.11. The molecule has 0 bridgehead atoms. The molecule has 0 aromatic heterocycles. The van der Waals surface area contributed by atoms with Crippen LogP contribution in [-0.2, 0) is 4.79 Å². The normalized spacial score (nSPS) is 14.8. The summed E-state index contributed by atoms with van der Waals surface area (Å²) in [6.07, 6.45) is 6.45. The molecule has 0 unspecified atom stereocenters. The maximum atomic E-state index is 10.5. The summed E-state index contributed by atoms with van der Waals surface area (Å²) in [6, 6.07) is 6.80. The number of benzene rings is 1. The van der Waals surface area contributed by atoms with Crippen LogP contribution < -0.4 is 4.90 Å². The van der Waals surface area contributed by atoms with E-state index in [1.54, 1.807) is 6.08 Å². The summed E-state index contributed by atoms with van der Waals surface area (Å²) in [5, 5.41) is 8.65. The number of carbonyl (C=O) groups is 1. The molecular weight excluding hydrogens is 306 g/mol. The fourth-order valence-corrected chi connectivity index (χ4v) is 2.64. The van der Waals surface area contributed by atoms with Gasteiger partial charge in [0.05, 0.1) is 0 Å². The Hall–Kier alpha value is -1.29. The van der Waals surface area contributed by atoms with Crippen LogP contribution in [0.1, 0.15) is 31.7 Å². The average molecular weight is 324 g/mol. The van der Waals surface area contributed by atoms with Gasteiger partial charge in [0.1, 0.15) is 0 Å². The molecule has 4 heteroatoms. The van der Waals surface area contributed by atoms with Crippen molar-refractivity contribution in [2.24, 2.45) is 0 Å². The Morgan fingerprint density at radius 3 is 2.79 bits per heavy atom. The minimum atomic E-state index is -0.929. The Morgan fingerprint density at radius 1 is 1.53 bits per heavy atom. The first kappa shape index (κ1) is 14.1. The van der Waals surface area contributed by atoms with Crippen LogP contribution in [0.3, 0.4) is 0 Å². The van der Waals surface area contributed by atoms with E-state index in [2.05, 4.69) is 39.9 Å². The third-order valence-corrected chi connectivity index (χ3v) is 3.86. The van der Waals surface area contributed by atoms with Crippen molar-refractivity contribution in [3.05, 3.63) is 34.3 Å². The van der Waals surface area contributed by atoms with Crippen LogP contribution >= 0.6 is 15.9 Å². The summed E-state index contributed by atoms with van der Waals surface area (Å²) in [4.78, 5) is 13.0. The van der Waals surface area contributed by atoms with Crippen molar-refractivity contribution in [2.75, 3.05) is 11.4 Å². The molecule has 0 saturated heterocycles. The Kier molecular flexibility index (Phi) is 4.64. The second kappa shape index (κ2) is 6.24. The third kappa shape index (κ3) is 3.83. The first-order valence-electron chi connectivity index (χ1n) is 6.59. The summed E-state index contributed by atoms with van der Waals surface area (Å²) >= 11 is 3.52. The van der Waals surface area contributed by atoms with Crippen molar-refractivity contribution in [3.8, 4) is 0 Å². The van der Waals surface area contributed by atoms with Gasteiger partial charge in [0.25, 0.3) is 0 Å². The highest BCUT2D eigenvalue weighted by molar-refractivity contribution is 9.10.